The van der Waals surface area contributed by atoms with Gasteiger partial charge in [-0.05, 0) is 112 Å². The SMILES string of the molecule is Cc1cc(CCC2CCC(CS(=O)(=O)C(C)C)CC2)c(C)c2c1CCC2. The minimum Gasteiger partial charge on any atom is -0.229 e. The van der Waals surface area contributed by atoms with E-state index in [1.807, 2.05) is 13.8 Å². The van der Waals surface area contributed by atoms with Crippen molar-refractivity contribution in [1.82, 2.24) is 0 Å². The van der Waals surface area contributed by atoms with E-state index < -0.39 is 9.84 Å². The fourth-order valence-electron chi connectivity index (χ4n) is 5.07. The molecule has 1 aromatic carbocycles. The van der Waals surface area contributed by atoms with E-state index in [1.165, 1.54) is 50.5 Å². The molecule has 0 saturated heterocycles. The van der Waals surface area contributed by atoms with E-state index in [9.17, 15) is 8.42 Å². The molecule has 0 unspecified atom stereocenters. The first-order valence-corrected chi connectivity index (χ1v) is 12.3. The molecule has 26 heavy (non-hydrogen) atoms. The van der Waals surface area contributed by atoms with Crippen molar-refractivity contribution < 1.29 is 8.42 Å². The Morgan fingerprint density at radius 2 is 1.62 bits per heavy atom. The van der Waals surface area contributed by atoms with Gasteiger partial charge in [0.05, 0.1) is 11.0 Å². The monoisotopic (exact) mass is 376 g/mol. The summed E-state index contributed by atoms with van der Waals surface area (Å²) in [4.78, 5) is 0. The zero-order valence-corrected chi connectivity index (χ0v) is 17.9. The van der Waals surface area contributed by atoms with Crippen molar-refractivity contribution in [2.75, 3.05) is 5.75 Å². The Labute approximate surface area is 160 Å². The van der Waals surface area contributed by atoms with Crippen LogP contribution in [0.1, 0.15) is 80.2 Å². The Kier molecular flexibility index (Phi) is 6.16. The highest BCUT2D eigenvalue weighted by atomic mass is 32.2. The van der Waals surface area contributed by atoms with E-state index in [4.69, 9.17) is 0 Å². The first-order chi connectivity index (χ1) is 12.3. The molecule has 0 bridgehead atoms. The van der Waals surface area contributed by atoms with Crippen LogP contribution in [-0.2, 0) is 29.1 Å². The Bertz CT molecular complexity index is 738. The smallest absolute Gasteiger partial charge is 0.152 e. The van der Waals surface area contributed by atoms with Crippen LogP contribution in [0.15, 0.2) is 6.07 Å². The molecule has 2 aliphatic carbocycles. The van der Waals surface area contributed by atoms with Gasteiger partial charge in [0.2, 0.25) is 0 Å². The summed E-state index contributed by atoms with van der Waals surface area (Å²) >= 11 is 0. The number of fused-ring (bicyclic) bond motifs is 1. The summed E-state index contributed by atoms with van der Waals surface area (Å²) in [6.45, 7) is 8.23. The summed E-state index contributed by atoms with van der Waals surface area (Å²) in [5.74, 6) is 1.57. The minimum atomic E-state index is -2.89. The second kappa shape index (κ2) is 8.04. The van der Waals surface area contributed by atoms with Gasteiger partial charge in [-0.15, -0.1) is 0 Å². The van der Waals surface area contributed by atoms with Gasteiger partial charge in [0.1, 0.15) is 0 Å². The average Bonchev–Trinajstić information content (AvgIpc) is 3.08. The van der Waals surface area contributed by atoms with Gasteiger partial charge in [0.15, 0.2) is 9.84 Å². The lowest BCUT2D eigenvalue weighted by atomic mass is 9.79. The van der Waals surface area contributed by atoms with Crippen LogP contribution >= 0.6 is 0 Å². The van der Waals surface area contributed by atoms with E-state index in [0.717, 1.165) is 18.8 Å². The van der Waals surface area contributed by atoms with Crippen LogP contribution in [0.2, 0.25) is 0 Å². The van der Waals surface area contributed by atoms with E-state index in [1.54, 1.807) is 22.3 Å². The highest BCUT2D eigenvalue weighted by molar-refractivity contribution is 7.91. The molecule has 146 valence electrons. The third-order valence-electron chi connectivity index (χ3n) is 6.99. The lowest BCUT2D eigenvalue weighted by Crippen LogP contribution is -2.26. The quantitative estimate of drug-likeness (QED) is 0.670. The molecule has 0 spiro atoms. The summed E-state index contributed by atoms with van der Waals surface area (Å²) in [5, 5.41) is -0.230. The molecule has 0 N–H and O–H groups in total. The topological polar surface area (TPSA) is 34.1 Å². The molecule has 1 aromatic rings. The molecule has 0 heterocycles. The van der Waals surface area contributed by atoms with Gasteiger partial charge >= 0.3 is 0 Å². The summed E-state index contributed by atoms with van der Waals surface area (Å²) < 4.78 is 24.3. The van der Waals surface area contributed by atoms with Crippen molar-refractivity contribution in [2.24, 2.45) is 11.8 Å². The third-order valence-corrected chi connectivity index (χ3v) is 9.37. The van der Waals surface area contributed by atoms with Crippen molar-refractivity contribution in [1.29, 1.82) is 0 Å². The molecule has 1 fully saturated rings. The van der Waals surface area contributed by atoms with Crippen molar-refractivity contribution in [3.05, 3.63) is 33.9 Å². The third kappa shape index (κ3) is 4.35. The number of hydrogen-bond acceptors (Lipinski definition) is 2. The largest absolute Gasteiger partial charge is 0.229 e. The Morgan fingerprint density at radius 3 is 2.27 bits per heavy atom. The second-order valence-corrected chi connectivity index (χ2v) is 11.7. The molecule has 3 heteroatoms. The van der Waals surface area contributed by atoms with Crippen LogP contribution in [0.4, 0.5) is 0 Å². The molecule has 0 radical (unpaired) electrons. The standard InChI is InChI=1S/C23H36O2S/c1-16(2)26(24,25)15-20-10-8-19(9-11-20)12-13-21-14-17(3)22-6-5-7-23(22)18(21)4/h14,16,19-20H,5-13,15H2,1-4H3. The highest BCUT2D eigenvalue weighted by Crippen LogP contribution is 2.35. The normalized spacial score (nSPS) is 23.4. The number of aryl methyl sites for hydroxylation is 2. The highest BCUT2D eigenvalue weighted by Gasteiger charge is 2.27. The lowest BCUT2D eigenvalue weighted by Gasteiger charge is -2.29. The molecule has 0 atom stereocenters. The first kappa shape index (κ1) is 19.9. The molecule has 0 amide bonds. The molecule has 3 rings (SSSR count). The number of hydrogen-bond donors (Lipinski definition) is 0. The zero-order valence-electron chi connectivity index (χ0n) is 17.1. The van der Waals surface area contributed by atoms with Crippen molar-refractivity contribution >= 4 is 9.84 Å². The maximum atomic E-state index is 12.2. The van der Waals surface area contributed by atoms with Gasteiger partial charge in [-0.1, -0.05) is 18.9 Å². The Morgan fingerprint density at radius 1 is 1.00 bits per heavy atom. The molecular formula is C23H36O2S. The van der Waals surface area contributed by atoms with Gasteiger partial charge in [-0.2, -0.15) is 0 Å². The minimum absolute atomic E-state index is 0.230. The van der Waals surface area contributed by atoms with E-state index >= 15 is 0 Å². The van der Waals surface area contributed by atoms with Crippen LogP contribution in [-0.4, -0.2) is 19.4 Å². The summed E-state index contributed by atoms with van der Waals surface area (Å²) in [7, 11) is -2.89. The summed E-state index contributed by atoms with van der Waals surface area (Å²) in [5.41, 5.74) is 7.88. The van der Waals surface area contributed by atoms with Gasteiger partial charge in [0.25, 0.3) is 0 Å². The second-order valence-electron chi connectivity index (χ2n) is 9.09. The Balaban J connectivity index is 1.53. The predicted molar refractivity (Wildman–Crippen MR) is 111 cm³/mol. The number of rotatable bonds is 6. The van der Waals surface area contributed by atoms with Gasteiger partial charge in [0, 0.05) is 0 Å². The van der Waals surface area contributed by atoms with Crippen LogP contribution in [0.25, 0.3) is 0 Å². The average molecular weight is 377 g/mol. The predicted octanol–water partition coefficient (Wildman–Crippen LogP) is 5.35. The van der Waals surface area contributed by atoms with Gasteiger partial charge in [-0.25, -0.2) is 8.42 Å². The lowest BCUT2D eigenvalue weighted by molar-refractivity contribution is 0.278. The molecule has 2 aliphatic rings. The van der Waals surface area contributed by atoms with Gasteiger partial charge in [-0.3, -0.25) is 0 Å². The van der Waals surface area contributed by atoms with Crippen molar-refractivity contribution in [2.45, 2.75) is 90.7 Å². The van der Waals surface area contributed by atoms with Crippen molar-refractivity contribution in [3.8, 4) is 0 Å². The maximum Gasteiger partial charge on any atom is 0.152 e. The zero-order chi connectivity index (χ0) is 18.9. The number of sulfone groups is 1. The van der Waals surface area contributed by atoms with Crippen LogP contribution in [0.5, 0.6) is 0 Å². The number of benzene rings is 1. The van der Waals surface area contributed by atoms with Gasteiger partial charge < -0.3 is 0 Å². The van der Waals surface area contributed by atoms with E-state index in [-0.39, 0.29) is 5.25 Å². The first-order valence-electron chi connectivity index (χ1n) is 10.6. The summed E-state index contributed by atoms with van der Waals surface area (Å²) in [6.07, 6.45) is 10.9. The van der Waals surface area contributed by atoms with Crippen molar-refractivity contribution in [3.63, 3.8) is 0 Å². The fourth-order valence-corrected chi connectivity index (χ4v) is 6.45. The van der Waals surface area contributed by atoms with Crippen LogP contribution in [0, 0.1) is 25.7 Å². The summed E-state index contributed by atoms with van der Waals surface area (Å²) in [6, 6.07) is 2.44. The van der Waals surface area contributed by atoms with Crippen LogP contribution in [0.3, 0.4) is 0 Å². The fraction of sp³-hybridized carbons (Fsp3) is 0.739. The molecular weight excluding hydrogens is 340 g/mol. The van der Waals surface area contributed by atoms with Crippen LogP contribution < -0.4 is 0 Å². The van der Waals surface area contributed by atoms with E-state index in [0.29, 0.717) is 11.7 Å². The molecule has 2 nitrogen and oxygen atoms in total. The molecule has 0 aromatic heterocycles. The Hall–Kier alpha value is -0.830. The molecule has 0 aliphatic heterocycles. The maximum absolute atomic E-state index is 12.2. The molecule has 1 saturated carbocycles. The van der Waals surface area contributed by atoms with E-state index in [2.05, 4.69) is 19.9 Å².